The lowest BCUT2D eigenvalue weighted by atomic mass is 9.94. The van der Waals surface area contributed by atoms with Gasteiger partial charge in [-0.1, -0.05) is 19.9 Å². The fraction of sp³-hybridized carbons (Fsp3) is 0.409. The molecule has 1 fully saturated rings. The van der Waals surface area contributed by atoms with Crippen molar-refractivity contribution in [2.75, 3.05) is 13.1 Å². The number of nitrogens with one attached hydrogen (secondary N) is 1. The maximum Gasteiger partial charge on any atom is 0.251 e. The van der Waals surface area contributed by atoms with E-state index in [9.17, 15) is 4.79 Å². The minimum absolute atomic E-state index is 0.134. The first kappa shape index (κ1) is 19.4. The van der Waals surface area contributed by atoms with Gasteiger partial charge in [-0.3, -0.25) is 14.7 Å². The zero-order chi connectivity index (χ0) is 20.2. The molecule has 3 aromatic heterocycles. The Bertz CT molecular complexity index is 1000. The summed E-state index contributed by atoms with van der Waals surface area (Å²) < 4.78 is 0. The molecule has 0 spiro atoms. The second kappa shape index (κ2) is 8.61. The van der Waals surface area contributed by atoms with Crippen molar-refractivity contribution in [3.05, 3.63) is 70.3 Å². The molecule has 0 bridgehead atoms. The molecule has 0 amide bonds. The molecule has 150 valence electrons. The Morgan fingerprint density at radius 1 is 1.21 bits per heavy atom. The summed E-state index contributed by atoms with van der Waals surface area (Å²) in [6.07, 6.45) is 7.66. The van der Waals surface area contributed by atoms with Crippen molar-refractivity contribution in [3.63, 3.8) is 0 Å². The highest BCUT2D eigenvalue weighted by Gasteiger charge is 2.23. The lowest BCUT2D eigenvalue weighted by Crippen LogP contribution is -2.34. The summed E-state index contributed by atoms with van der Waals surface area (Å²) in [5, 5.41) is 0. The maximum absolute atomic E-state index is 12.2. The second-order valence-corrected chi connectivity index (χ2v) is 7.91. The minimum atomic E-state index is -0.134. The number of H-pyrrole nitrogens is 1. The number of hydrogen-bond acceptors (Lipinski definition) is 6. The third-order valence-electron chi connectivity index (χ3n) is 5.24. The van der Waals surface area contributed by atoms with E-state index in [1.165, 1.54) is 0 Å². The molecule has 7 nitrogen and oxygen atoms in total. The van der Waals surface area contributed by atoms with E-state index in [2.05, 4.69) is 38.7 Å². The van der Waals surface area contributed by atoms with Gasteiger partial charge in [-0.25, -0.2) is 15.0 Å². The van der Waals surface area contributed by atoms with E-state index in [1.54, 1.807) is 12.3 Å². The van der Waals surface area contributed by atoms with Crippen LogP contribution in [0.1, 0.15) is 55.6 Å². The number of nitrogens with zero attached hydrogens (tertiary/aromatic N) is 5. The molecule has 0 radical (unpaired) electrons. The lowest BCUT2D eigenvalue weighted by Gasteiger charge is -2.32. The molecular weight excluding hydrogens is 364 g/mol. The van der Waals surface area contributed by atoms with Crippen molar-refractivity contribution in [1.29, 1.82) is 0 Å². The van der Waals surface area contributed by atoms with E-state index in [1.807, 2.05) is 30.6 Å². The average molecular weight is 390 g/mol. The summed E-state index contributed by atoms with van der Waals surface area (Å²) >= 11 is 0. The third-order valence-corrected chi connectivity index (χ3v) is 5.24. The molecule has 0 aromatic carbocycles. The van der Waals surface area contributed by atoms with Crippen LogP contribution in [0.2, 0.25) is 0 Å². The summed E-state index contributed by atoms with van der Waals surface area (Å²) in [6.45, 7) is 6.89. The van der Waals surface area contributed by atoms with E-state index in [0.29, 0.717) is 17.4 Å². The van der Waals surface area contributed by atoms with Gasteiger partial charge in [0.25, 0.3) is 5.56 Å². The molecule has 0 saturated carbocycles. The molecule has 7 heteroatoms. The largest absolute Gasteiger partial charge is 0.305 e. The Morgan fingerprint density at radius 2 is 2.03 bits per heavy atom. The molecule has 1 atom stereocenters. The van der Waals surface area contributed by atoms with Gasteiger partial charge in [0.1, 0.15) is 11.5 Å². The predicted octanol–water partition coefficient (Wildman–Crippen LogP) is 3.12. The van der Waals surface area contributed by atoms with E-state index in [-0.39, 0.29) is 11.5 Å². The first-order valence-electron chi connectivity index (χ1n) is 10.1. The van der Waals surface area contributed by atoms with Gasteiger partial charge in [-0.2, -0.15) is 0 Å². The number of hydrogen-bond donors (Lipinski definition) is 1. The van der Waals surface area contributed by atoms with Gasteiger partial charge in [0.15, 0.2) is 5.82 Å². The first-order valence-corrected chi connectivity index (χ1v) is 10.1. The minimum Gasteiger partial charge on any atom is -0.305 e. The van der Waals surface area contributed by atoms with Crippen LogP contribution in [0.25, 0.3) is 11.5 Å². The van der Waals surface area contributed by atoms with Crippen molar-refractivity contribution < 1.29 is 0 Å². The highest BCUT2D eigenvalue weighted by Crippen LogP contribution is 2.26. The lowest BCUT2D eigenvalue weighted by molar-refractivity contribution is 0.198. The average Bonchev–Trinajstić information content (AvgIpc) is 2.74. The zero-order valence-corrected chi connectivity index (χ0v) is 16.9. The fourth-order valence-corrected chi connectivity index (χ4v) is 3.75. The van der Waals surface area contributed by atoms with Crippen LogP contribution >= 0.6 is 0 Å². The highest BCUT2D eigenvalue weighted by molar-refractivity contribution is 5.48. The van der Waals surface area contributed by atoms with Crippen LogP contribution in [-0.4, -0.2) is 42.9 Å². The van der Waals surface area contributed by atoms with Crippen LogP contribution in [0.5, 0.6) is 0 Å². The van der Waals surface area contributed by atoms with Crippen molar-refractivity contribution in [1.82, 2.24) is 29.8 Å². The third kappa shape index (κ3) is 4.74. The Hall–Kier alpha value is -2.93. The van der Waals surface area contributed by atoms with Crippen LogP contribution in [0, 0.1) is 0 Å². The van der Waals surface area contributed by atoms with Gasteiger partial charge in [0.2, 0.25) is 0 Å². The summed E-state index contributed by atoms with van der Waals surface area (Å²) in [4.78, 5) is 35.4. The summed E-state index contributed by atoms with van der Waals surface area (Å²) in [7, 11) is 0. The Kier molecular flexibility index (Phi) is 5.76. The molecule has 0 aliphatic carbocycles. The normalized spacial score (nSPS) is 17.6. The topological polar surface area (TPSA) is 87.7 Å². The SMILES string of the molecule is CC(C)c1ncc(CN2CCCC(c3cc(=O)[nH]c(-c4ccccn4)n3)C2)cn1. The Labute approximate surface area is 170 Å². The molecule has 1 aliphatic rings. The van der Waals surface area contributed by atoms with Crippen molar-refractivity contribution in [2.24, 2.45) is 0 Å². The monoisotopic (exact) mass is 390 g/mol. The summed E-state index contributed by atoms with van der Waals surface area (Å²) in [5.41, 5.74) is 2.50. The summed E-state index contributed by atoms with van der Waals surface area (Å²) in [5.74, 6) is 1.96. The fourth-order valence-electron chi connectivity index (χ4n) is 3.75. The standard InChI is InChI=1S/C22H26N6O/c1-15(2)21-24-11-16(12-25-21)13-28-9-5-6-17(14-28)19-10-20(29)27-22(26-19)18-7-3-4-8-23-18/h3-4,7-8,10-12,15,17H,5-6,9,13-14H2,1-2H3,(H,26,27,29). The van der Waals surface area contributed by atoms with Crippen LogP contribution in [-0.2, 0) is 6.54 Å². The van der Waals surface area contributed by atoms with Crippen LogP contribution in [0.15, 0.2) is 47.7 Å². The quantitative estimate of drug-likeness (QED) is 0.720. The van der Waals surface area contributed by atoms with Gasteiger partial charge in [0, 0.05) is 55.1 Å². The molecular formula is C22H26N6O. The van der Waals surface area contributed by atoms with Crippen LogP contribution < -0.4 is 5.56 Å². The molecule has 4 heterocycles. The van der Waals surface area contributed by atoms with Gasteiger partial charge in [-0.05, 0) is 31.5 Å². The second-order valence-electron chi connectivity index (χ2n) is 7.91. The molecule has 1 N–H and O–H groups in total. The Balaban J connectivity index is 1.50. The highest BCUT2D eigenvalue weighted by atomic mass is 16.1. The number of likely N-dealkylation sites (tertiary alicyclic amines) is 1. The van der Waals surface area contributed by atoms with Crippen molar-refractivity contribution in [3.8, 4) is 11.5 Å². The Morgan fingerprint density at radius 3 is 2.76 bits per heavy atom. The van der Waals surface area contributed by atoms with Gasteiger partial charge in [0.05, 0.1) is 5.69 Å². The molecule has 4 rings (SSSR count). The van der Waals surface area contributed by atoms with Gasteiger partial charge < -0.3 is 4.98 Å². The molecule has 3 aromatic rings. The molecule has 1 unspecified atom stereocenters. The molecule has 1 saturated heterocycles. The number of piperidine rings is 1. The van der Waals surface area contributed by atoms with Gasteiger partial charge >= 0.3 is 0 Å². The van der Waals surface area contributed by atoms with E-state index < -0.39 is 0 Å². The van der Waals surface area contributed by atoms with E-state index in [4.69, 9.17) is 4.98 Å². The van der Waals surface area contributed by atoms with E-state index >= 15 is 0 Å². The number of pyridine rings is 1. The first-order chi connectivity index (χ1) is 14.1. The van der Waals surface area contributed by atoms with Crippen molar-refractivity contribution >= 4 is 0 Å². The molecule has 29 heavy (non-hydrogen) atoms. The van der Waals surface area contributed by atoms with Crippen LogP contribution in [0.3, 0.4) is 0 Å². The van der Waals surface area contributed by atoms with Crippen molar-refractivity contribution in [2.45, 2.75) is 45.1 Å². The van der Waals surface area contributed by atoms with Gasteiger partial charge in [-0.15, -0.1) is 0 Å². The predicted molar refractivity (Wildman–Crippen MR) is 111 cm³/mol. The number of rotatable bonds is 5. The number of aromatic amines is 1. The maximum atomic E-state index is 12.2. The van der Waals surface area contributed by atoms with E-state index in [0.717, 1.165) is 49.6 Å². The van der Waals surface area contributed by atoms with Crippen LogP contribution in [0.4, 0.5) is 0 Å². The zero-order valence-electron chi connectivity index (χ0n) is 16.9. The smallest absolute Gasteiger partial charge is 0.251 e. The summed E-state index contributed by atoms with van der Waals surface area (Å²) in [6, 6.07) is 7.23. The molecule has 1 aliphatic heterocycles. The number of aromatic nitrogens is 5.